The Morgan fingerprint density at radius 1 is 0.967 bits per heavy atom. The molecule has 156 valence electrons. The lowest BCUT2D eigenvalue weighted by Crippen LogP contribution is -2.34. The number of benzene rings is 3. The van der Waals surface area contributed by atoms with Crippen molar-refractivity contribution in [1.29, 1.82) is 0 Å². The zero-order valence-corrected chi connectivity index (χ0v) is 17.4. The quantitative estimate of drug-likeness (QED) is 0.612. The number of nitrogens with one attached hydrogen (secondary N) is 2. The number of sulfonamides is 1. The summed E-state index contributed by atoms with van der Waals surface area (Å²) in [4.78, 5) is 14.5. The highest BCUT2D eigenvalue weighted by atomic mass is 32.2. The number of carbonyl (C=O) groups is 1. The van der Waals surface area contributed by atoms with E-state index in [9.17, 15) is 13.2 Å². The van der Waals surface area contributed by atoms with Gasteiger partial charge in [-0.2, -0.15) is 0 Å². The molecule has 1 unspecified atom stereocenters. The second-order valence-electron chi connectivity index (χ2n) is 7.49. The van der Waals surface area contributed by atoms with Crippen LogP contribution in [0.15, 0.2) is 77.7 Å². The third-order valence-electron chi connectivity index (χ3n) is 5.35. The second-order valence-corrected chi connectivity index (χ2v) is 9.26. The van der Waals surface area contributed by atoms with Crippen LogP contribution in [-0.4, -0.2) is 44.9 Å². The molecule has 2 N–H and O–H groups in total. The van der Waals surface area contributed by atoms with E-state index in [-0.39, 0.29) is 29.8 Å². The Balaban J connectivity index is 1.28. The summed E-state index contributed by atoms with van der Waals surface area (Å²) in [5, 5.41) is 5.29. The van der Waals surface area contributed by atoms with E-state index in [1.807, 2.05) is 54.6 Å². The van der Waals surface area contributed by atoms with Crippen molar-refractivity contribution in [2.45, 2.75) is 23.8 Å². The van der Waals surface area contributed by atoms with Crippen LogP contribution in [0.1, 0.15) is 12.8 Å². The van der Waals surface area contributed by atoms with Gasteiger partial charge in [-0.1, -0.05) is 48.5 Å². The highest BCUT2D eigenvalue weighted by Crippen LogP contribution is 2.19. The molecule has 0 radical (unpaired) electrons. The summed E-state index contributed by atoms with van der Waals surface area (Å²) in [7, 11) is -3.66. The van der Waals surface area contributed by atoms with Crippen LogP contribution in [0.5, 0.6) is 0 Å². The van der Waals surface area contributed by atoms with Gasteiger partial charge in [0.2, 0.25) is 15.9 Å². The first-order chi connectivity index (χ1) is 14.5. The average Bonchev–Trinajstić information content (AvgIpc) is 3.22. The van der Waals surface area contributed by atoms with E-state index >= 15 is 0 Å². The molecule has 30 heavy (non-hydrogen) atoms. The van der Waals surface area contributed by atoms with Gasteiger partial charge in [0.05, 0.1) is 4.90 Å². The zero-order chi connectivity index (χ0) is 21.0. The summed E-state index contributed by atoms with van der Waals surface area (Å²) >= 11 is 0. The van der Waals surface area contributed by atoms with E-state index < -0.39 is 10.0 Å². The number of nitrogens with zero attached hydrogens (tertiary/aromatic N) is 1. The van der Waals surface area contributed by atoms with Crippen molar-refractivity contribution >= 4 is 32.4 Å². The minimum Gasteiger partial charge on any atom is -0.380 e. The van der Waals surface area contributed by atoms with Crippen LogP contribution in [-0.2, 0) is 14.8 Å². The number of hydrogen-bond donors (Lipinski definition) is 2. The van der Waals surface area contributed by atoms with Crippen molar-refractivity contribution in [3.63, 3.8) is 0 Å². The molecule has 7 heteroatoms. The molecule has 1 amide bonds. The maximum atomic E-state index is 12.6. The molecule has 0 aromatic heterocycles. The lowest BCUT2D eigenvalue weighted by molar-refractivity contribution is -0.129. The smallest absolute Gasteiger partial charge is 0.240 e. The number of fused-ring (bicyclic) bond motifs is 1. The highest BCUT2D eigenvalue weighted by Gasteiger charge is 2.26. The molecule has 1 aliphatic rings. The number of hydrogen-bond acceptors (Lipinski definition) is 4. The van der Waals surface area contributed by atoms with E-state index in [2.05, 4.69) is 10.0 Å². The SMILES string of the molecule is O=C(CCNS(=O)(=O)c1ccc2ccccc2c1)N1CCC(Nc2ccccc2)C1. The Hall–Kier alpha value is -2.90. The number of likely N-dealkylation sites (tertiary alicyclic amines) is 1. The van der Waals surface area contributed by atoms with Gasteiger partial charge in [0.1, 0.15) is 0 Å². The van der Waals surface area contributed by atoms with Crippen LogP contribution < -0.4 is 10.0 Å². The van der Waals surface area contributed by atoms with Crippen LogP contribution in [0.3, 0.4) is 0 Å². The number of rotatable bonds is 7. The number of carbonyl (C=O) groups excluding carboxylic acids is 1. The van der Waals surface area contributed by atoms with Gasteiger partial charge in [-0.25, -0.2) is 13.1 Å². The molecule has 4 rings (SSSR count). The summed E-state index contributed by atoms with van der Waals surface area (Å²) in [5.74, 6) is -0.0337. The van der Waals surface area contributed by atoms with Crippen molar-refractivity contribution < 1.29 is 13.2 Å². The Kier molecular flexibility index (Phi) is 6.01. The van der Waals surface area contributed by atoms with Gasteiger partial charge in [0, 0.05) is 37.8 Å². The molecule has 0 bridgehead atoms. The zero-order valence-electron chi connectivity index (χ0n) is 16.6. The molecule has 0 saturated carbocycles. The highest BCUT2D eigenvalue weighted by molar-refractivity contribution is 7.89. The topological polar surface area (TPSA) is 78.5 Å². The summed E-state index contributed by atoms with van der Waals surface area (Å²) < 4.78 is 27.7. The minimum atomic E-state index is -3.66. The Morgan fingerprint density at radius 3 is 2.50 bits per heavy atom. The lowest BCUT2D eigenvalue weighted by Gasteiger charge is -2.18. The molecule has 0 aliphatic carbocycles. The summed E-state index contributed by atoms with van der Waals surface area (Å²) in [6, 6.07) is 22.8. The van der Waals surface area contributed by atoms with Gasteiger partial charge in [0.25, 0.3) is 0 Å². The van der Waals surface area contributed by atoms with Gasteiger partial charge < -0.3 is 10.2 Å². The first-order valence-corrected chi connectivity index (χ1v) is 11.6. The Labute approximate surface area is 177 Å². The molecular formula is C23H25N3O3S. The van der Waals surface area contributed by atoms with Crippen molar-refractivity contribution in [2.75, 3.05) is 25.0 Å². The van der Waals surface area contributed by atoms with E-state index in [1.165, 1.54) is 0 Å². The molecule has 3 aromatic carbocycles. The predicted octanol–water partition coefficient (Wildman–Crippen LogP) is 3.22. The number of para-hydroxylation sites is 1. The first kappa shape index (κ1) is 20.4. The van der Waals surface area contributed by atoms with Gasteiger partial charge in [0.15, 0.2) is 0 Å². The van der Waals surface area contributed by atoms with E-state index in [0.29, 0.717) is 13.1 Å². The third-order valence-corrected chi connectivity index (χ3v) is 6.81. The largest absolute Gasteiger partial charge is 0.380 e. The standard InChI is InChI=1S/C23H25N3O3S/c27-23(26-15-13-21(17-26)25-20-8-2-1-3-9-20)12-14-24-30(28,29)22-11-10-18-6-4-5-7-19(18)16-22/h1-11,16,21,24-25H,12-15,17H2. The lowest BCUT2D eigenvalue weighted by atomic mass is 10.1. The van der Waals surface area contributed by atoms with Crippen LogP contribution in [0, 0.1) is 0 Å². The average molecular weight is 424 g/mol. The van der Waals surface area contributed by atoms with Crippen molar-refractivity contribution in [3.8, 4) is 0 Å². The molecule has 1 atom stereocenters. The molecular weight excluding hydrogens is 398 g/mol. The molecule has 1 saturated heterocycles. The van der Waals surface area contributed by atoms with Gasteiger partial charge in [-0.05, 0) is 41.5 Å². The molecule has 1 fully saturated rings. The Bertz CT molecular complexity index is 1130. The molecule has 3 aromatic rings. The minimum absolute atomic E-state index is 0.0337. The van der Waals surface area contributed by atoms with Crippen LogP contribution in [0.2, 0.25) is 0 Å². The van der Waals surface area contributed by atoms with Crippen molar-refractivity contribution in [1.82, 2.24) is 9.62 Å². The summed E-state index contributed by atoms with van der Waals surface area (Å²) in [6.45, 7) is 1.40. The van der Waals surface area contributed by atoms with Gasteiger partial charge >= 0.3 is 0 Å². The molecule has 6 nitrogen and oxygen atoms in total. The normalized spacial score (nSPS) is 16.7. The molecule has 1 heterocycles. The number of anilines is 1. The van der Waals surface area contributed by atoms with Crippen molar-refractivity contribution in [2.24, 2.45) is 0 Å². The van der Waals surface area contributed by atoms with E-state index in [0.717, 1.165) is 22.9 Å². The second kappa shape index (κ2) is 8.85. The first-order valence-electron chi connectivity index (χ1n) is 10.1. The number of amides is 1. The molecule has 0 spiro atoms. The predicted molar refractivity (Wildman–Crippen MR) is 119 cm³/mol. The maximum absolute atomic E-state index is 12.6. The fourth-order valence-corrected chi connectivity index (χ4v) is 4.81. The molecule has 1 aliphatic heterocycles. The van der Waals surface area contributed by atoms with Crippen LogP contribution in [0.25, 0.3) is 10.8 Å². The third kappa shape index (κ3) is 4.80. The fourth-order valence-electron chi connectivity index (χ4n) is 3.74. The Morgan fingerprint density at radius 2 is 1.70 bits per heavy atom. The van der Waals surface area contributed by atoms with E-state index in [4.69, 9.17) is 0 Å². The van der Waals surface area contributed by atoms with Crippen molar-refractivity contribution in [3.05, 3.63) is 72.8 Å². The van der Waals surface area contributed by atoms with E-state index in [1.54, 1.807) is 23.1 Å². The van der Waals surface area contributed by atoms with Gasteiger partial charge in [-0.3, -0.25) is 4.79 Å². The maximum Gasteiger partial charge on any atom is 0.240 e. The monoisotopic (exact) mass is 423 g/mol. The fraction of sp³-hybridized carbons (Fsp3) is 0.261. The van der Waals surface area contributed by atoms with Crippen LogP contribution >= 0.6 is 0 Å². The van der Waals surface area contributed by atoms with Gasteiger partial charge in [-0.15, -0.1) is 0 Å². The van der Waals surface area contributed by atoms with Crippen LogP contribution in [0.4, 0.5) is 5.69 Å². The summed E-state index contributed by atoms with van der Waals surface area (Å²) in [5.41, 5.74) is 1.04. The summed E-state index contributed by atoms with van der Waals surface area (Å²) in [6.07, 6.45) is 1.02.